The Kier molecular flexibility index (Phi) is 5.91. The van der Waals surface area contributed by atoms with Gasteiger partial charge in [-0.1, -0.05) is 70.9 Å². The van der Waals surface area contributed by atoms with Crippen LogP contribution in [-0.4, -0.2) is 15.9 Å². The monoisotopic (exact) mass is 384 g/mol. The van der Waals surface area contributed by atoms with E-state index >= 15 is 0 Å². The number of hydrogen-bond donors (Lipinski definition) is 0. The second-order valence-corrected chi connectivity index (χ2v) is 7.18. The van der Waals surface area contributed by atoms with Crippen molar-refractivity contribution in [3.05, 3.63) is 82.1 Å². The first kappa shape index (κ1) is 18.4. The highest BCUT2D eigenvalue weighted by atomic mass is 35.5. The highest BCUT2D eigenvalue weighted by Crippen LogP contribution is 2.23. The number of aryl methyl sites for hydroxylation is 2. The van der Waals surface area contributed by atoms with Crippen molar-refractivity contribution < 1.29 is 9.53 Å². The van der Waals surface area contributed by atoms with Crippen LogP contribution in [0.15, 0.2) is 59.9 Å². The fourth-order valence-corrected chi connectivity index (χ4v) is 3.20. The molecule has 0 bridgehead atoms. The SMILES string of the molecule is Cc1ccc(OC(=O)c2nc(SCc3cccc(C)c3)ncc2Cl)cc1. The number of carbonyl (C=O) groups excluding carboxylic acids is 1. The Labute approximate surface area is 161 Å². The maximum absolute atomic E-state index is 12.4. The van der Waals surface area contributed by atoms with Gasteiger partial charge in [0.05, 0.1) is 11.2 Å². The van der Waals surface area contributed by atoms with Crippen LogP contribution in [0.4, 0.5) is 0 Å². The molecule has 2 aromatic carbocycles. The number of thioether (sulfide) groups is 1. The molecule has 1 heterocycles. The minimum absolute atomic E-state index is 0.0639. The van der Waals surface area contributed by atoms with Crippen LogP contribution in [0.25, 0.3) is 0 Å². The number of nitrogens with zero attached hydrogens (tertiary/aromatic N) is 2. The van der Waals surface area contributed by atoms with Gasteiger partial charge in [0.1, 0.15) is 5.75 Å². The summed E-state index contributed by atoms with van der Waals surface area (Å²) < 4.78 is 5.35. The van der Waals surface area contributed by atoms with Gasteiger partial charge in [-0.15, -0.1) is 0 Å². The van der Waals surface area contributed by atoms with Gasteiger partial charge in [-0.25, -0.2) is 14.8 Å². The maximum Gasteiger partial charge on any atom is 0.364 e. The number of rotatable bonds is 5. The average Bonchev–Trinajstić information content (AvgIpc) is 2.63. The Morgan fingerprint density at radius 1 is 1.12 bits per heavy atom. The van der Waals surface area contributed by atoms with Crippen LogP contribution in [0.3, 0.4) is 0 Å². The third-order valence-corrected chi connectivity index (χ3v) is 4.81. The van der Waals surface area contributed by atoms with E-state index in [0.29, 0.717) is 16.7 Å². The molecular weight excluding hydrogens is 368 g/mol. The van der Waals surface area contributed by atoms with Crippen molar-refractivity contribution in [2.75, 3.05) is 0 Å². The summed E-state index contributed by atoms with van der Waals surface area (Å²) in [6.45, 7) is 4.01. The lowest BCUT2D eigenvalue weighted by Gasteiger charge is -2.07. The Bertz CT molecular complexity index is 929. The van der Waals surface area contributed by atoms with Crippen LogP contribution in [0, 0.1) is 13.8 Å². The van der Waals surface area contributed by atoms with Crippen molar-refractivity contribution in [1.82, 2.24) is 9.97 Å². The Hall–Kier alpha value is -2.37. The largest absolute Gasteiger partial charge is 0.422 e. The van der Waals surface area contributed by atoms with Gasteiger partial charge in [-0.3, -0.25) is 0 Å². The highest BCUT2D eigenvalue weighted by Gasteiger charge is 2.17. The van der Waals surface area contributed by atoms with Gasteiger partial charge in [0.2, 0.25) is 0 Å². The number of halogens is 1. The number of benzene rings is 2. The van der Waals surface area contributed by atoms with E-state index in [1.54, 1.807) is 12.1 Å². The smallest absolute Gasteiger partial charge is 0.364 e. The molecule has 6 heteroatoms. The fourth-order valence-electron chi connectivity index (χ4n) is 2.28. The summed E-state index contributed by atoms with van der Waals surface area (Å²) in [5.74, 6) is 0.554. The van der Waals surface area contributed by atoms with Gasteiger partial charge in [-0.2, -0.15) is 0 Å². The topological polar surface area (TPSA) is 52.1 Å². The molecule has 0 N–H and O–H groups in total. The predicted octanol–water partition coefficient (Wildman–Crippen LogP) is 5.26. The molecule has 3 rings (SSSR count). The molecule has 26 heavy (non-hydrogen) atoms. The van der Waals surface area contributed by atoms with Crippen molar-refractivity contribution in [2.24, 2.45) is 0 Å². The van der Waals surface area contributed by atoms with E-state index in [0.717, 1.165) is 11.1 Å². The zero-order valence-corrected chi connectivity index (χ0v) is 16.0. The number of ether oxygens (including phenoxy) is 1. The molecule has 3 aromatic rings. The molecule has 1 aromatic heterocycles. The van der Waals surface area contributed by atoms with Crippen LogP contribution in [0.2, 0.25) is 5.02 Å². The molecule has 132 valence electrons. The number of hydrogen-bond acceptors (Lipinski definition) is 5. The molecule has 0 unspecified atom stereocenters. The average molecular weight is 385 g/mol. The Balaban J connectivity index is 1.72. The van der Waals surface area contributed by atoms with Gasteiger partial charge < -0.3 is 4.74 Å². The summed E-state index contributed by atoms with van der Waals surface area (Å²) in [5, 5.41) is 0.647. The third-order valence-electron chi connectivity index (χ3n) is 3.60. The number of carbonyl (C=O) groups is 1. The van der Waals surface area contributed by atoms with Gasteiger partial charge in [0, 0.05) is 5.75 Å². The van der Waals surface area contributed by atoms with Crippen molar-refractivity contribution in [3.8, 4) is 5.75 Å². The summed E-state index contributed by atoms with van der Waals surface area (Å²) in [4.78, 5) is 20.8. The standard InChI is InChI=1S/C20H17ClN2O2S/c1-13-6-8-16(9-7-13)25-19(24)18-17(21)11-22-20(23-18)26-12-15-5-3-4-14(2)10-15/h3-11H,12H2,1-2H3. The predicted molar refractivity (Wildman–Crippen MR) is 104 cm³/mol. The van der Waals surface area contributed by atoms with E-state index < -0.39 is 5.97 Å². The zero-order chi connectivity index (χ0) is 18.5. The summed E-state index contributed by atoms with van der Waals surface area (Å²) in [6.07, 6.45) is 1.43. The molecule has 0 saturated heterocycles. The molecule has 4 nitrogen and oxygen atoms in total. The van der Waals surface area contributed by atoms with Crippen LogP contribution in [0.5, 0.6) is 5.75 Å². The molecule has 0 atom stereocenters. The molecule has 0 saturated carbocycles. The summed E-state index contributed by atoms with van der Waals surface area (Å²) in [6, 6.07) is 15.4. The van der Waals surface area contributed by atoms with Crippen molar-refractivity contribution >= 4 is 29.3 Å². The number of aromatic nitrogens is 2. The number of esters is 1. The molecule has 0 fully saturated rings. The minimum atomic E-state index is -0.598. The second-order valence-electron chi connectivity index (χ2n) is 5.83. The quantitative estimate of drug-likeness (QED) is 0.260. The van der Waals surface area contributed by atoms with E-state index in [4.69, 9.17) is 16.3 Å². The first-order valence-electron chi connectivity index (χ1n) is 8.01. The Morgan fingerprint density at radius 2 is 1.88 bits per heavy atom. The van der Waals surface area contributed by atoms with Crippen LogP contribution < -0.4 is 4.74 Å². The van der Waals surface area contributed by atoms with Crippen LogP contribution in [-0.2, 0) is 5.75 Å². The van der Waals surface area contributed by atoms with E-state index in [1.165, 1.54) is 23.5 Å². The van der Waals surface area contributed by atoms with Gasteiger partial charge in [0.25, 0.3) is 0 Å². The molecule has 0 spiro atoms. The lowest BCUT2D eigenvalue weighted by molar-refractivity contribution is 0.0727. The zero-order valence-electron chi connectivity index (χ0n) is 14.4. The van der Waals surface area contributed by atoms with Gasteiger partial charge in [0.15, 0.2) is 10.9 Å². The third kappa shape index (κ3) is 4.84. The van der Waals surface area contributed by atoms with Crippen molar-refractivity contribution in [3.63, 3.8) is 0 Å². The van der Waals surface area contributed by atoms with Crippen molar-refractivity contribution in [1.29, 1.82) is 0 Å². The summed E-state index contributed by atoms with van der Waals surface area (Å²) >= 11 is 7.53. The summed E-state index contributed by atoms with van der Waals surface area (Å²) in [7, 11) is 0. The fraction of sp³-hybridized carbons (Fsp3) is 0.150. The maximum atomic E-state index is 12.4. The lowest BCUT2D eigenvalue weighted by Crippen LogP contribution is -2.12. The normalized spacial score (nSPS) is 10.6. The van der Waals surface area contributed by atoms with Crippen LogP contribution >= 0.6 is 23.4 Å². The summed E-state index contributed by atoms with van der Waals surface area (Å²) in [5.41, 5.74) is 3.51. The molecule has 0 aliphatic rings. The van der Waals surface area contributed by atoms with E-state index in [-0.39, 0.29) is 10.7 Å². The highest BCUT2D eigenvalue weighted by molar-refractivity contribution is 7.98. The van der Waals surface area contributed by atoms with Gasteiger partial charge in [-0.05, 0) is 31.5 Å². The lowest BCUT2D eigenvalue weighted by atomic mass is 10.2. The Morgan fingerprint density at radius 3 is 2.62 bits per heavy atom. The van der Waals surface area contributed by atoms with E-state index in [1.807, 2.05) is 44.2 Å². The van der Waals surface area contributed by atoms with Crippen molar-refractivity contribution in [2.45, 2.75) is 24.8 Å². The molecular formula is C20H17ClN2O2S. The van der Waals surface area contributed by atoms with E-state index in [2.05, 4.69) is 16.0 Å². The van der Waals surface area contributed by atoms with Crippen LogP contribution in [0.1, 0.15) is 27.2 Å². The molecule has 0 aliphatic carbocycles. The van der Waals surface area contributed by atoms with E-state index in [9.17, 15) is 4.79 Å². The second kappa shape index (κ2) is 8.34. The first-order chi connectivity index (χ1) is 12.5. The molecule has 0 radical (unpaired) electrons. The minimum Gasteiger partial charge on any atom is -0.422 e. The molecule has 0 amide bonds. The first-order valence-corrected chi connectivity index (χ1v) is 9.37. The molecule has 0 aliphatic heterocycles. The van der Waals surface area contributed by atoms with Gasteiger partial charge >= 0.3 is 5.97 Å².